The maximum Gasteiger partial charge on any atom is 0.319 e. The van der Waals surface area contributed by atoms with Gasteiger partial charge in [-0.2, -0.15) is 0 Å². The van der Waals surface area contributed by atoms with Crippen molar-refractivity contribution >= 4 is 22.6 Å². The number of benzene rings is 1. The third kappa shape index (κ3) is 3.76. The summed E-state index contributed by atoms with van der Waals surface area (Å²) in [5.41, 5.74) is 3.51. The number of nitrogens with zero attached hydrogens (tertiary/aromatic N) is 1. The van der Waals surface area contributed by atoms with E-state index in [1.54, 1.807) is 0 Å². The van der Waals surface area contributed by atoms with Gasteiger partial charge in [-0.25, -0.2) is 4.79 Å². The Morgan fingerprint density at radius 1 is 1.26 bits per heavy atom. The molecule has 0 bridgehead atoms. The fraction of sp³-hybridized carbons (Fsp3) is 0.421. The number of rotatable bonds is 5. The molecule has 2 N–H and O–H groups in total. The molecule has 4 nitrogen and oxygen atoms in total. The zero-order valence-electron chi connectivity index (χ0n) is 13.8. The van der Waals surface area contributed by atoms with E-state index < -0.39 is 0 Å². The quantitative estimate of drug-likeness (QED) is 0.774. The van der Waals surface area contributed by atoms with Gasteiger partial charge in [0.25, 0.3) is 0 Å². The molecule has 1 heterocycles. The highest BCUT2D eigenvalue weighted by atomic mass is 16.2. The van der Waals surface area contributed by atoms with Gasteiger partial charge in [-0.1, -0.05) is 29.8 Å². The second kappa shape index (κ2) is 7.36. The lowest BCUT2D eigenvalue weighted by Crippen LogP contribution is -2.29. The van der Waals surface area contributed by atoms with Crippen molar-refractivity contribution in [2.45, 2.75) is 45.6 Å². The van der Waals surface area contributed by atoms with E-state index in [0.717, 1.165) is 29.6 Å². The molecule has 122 valence electrons. The fourth-order valence-corrected chi connectivity index (χ4v) is 3.24. The Labute approximate surface area is 137 Å². The van der Waals surface area contributed by atoms with Crippen LogP contribution in [0, 0.1) is 0 Å². The van der Waals surface area contributed by atoms with Crippen molar-refractivity contribution in [1.29, 1.82) is 0 Å². The monoisotopic (exact) mass is 311 g/mol. The second-order valence-electron chi connectivity index (χ2n) is 6.08. The van der Waals surface area contributed by atoms with Gasteiger partial charge in [0.05, 0.1) is 11.2 Å². The van der Waals surface area contributed by atoms with Crippen molar-refractivity contribution in [1.82, 2.24) is 9.88 Å². The van der Waals surface area contributed by atoms with Crippen LogP contribution in [0.1, 0.15) is 39.0 Å². The van der Waals surface area contributed by atoms with Crippen molar-refractivity contribution in [2.75, 3.05) is 11.9 Å². The summed E-state index contributed by atoms with van der Waals surface area (Å²) in [5, 5.41) is 7.04. The highest BCUT2D eigenvalue weighted by Crippen LogP contribution is 2.25. The molecule has 1 aromatic carbocycles. The normalized spacial score (nSPS) is 14.6. The summed E-state index contributed by atoms with van der Waals surface area (Å²) >= 11 is 0. The number of hydrogen-bond donors (Lipinski definition) is 2. The van der Waals surface area contributed by atoms with Crippen LogP contribution in [-0.4, -0.2) is 17.1 Å². The second-order valence-corrected chi connectivity index (χ2v) is 6.08. The number of aromatic nitrogens is 1. The van der Waals surface area contributed by atoms with Crippen molar-refractivity contribution in [3.05, 3.63) is 42.1 Å². The highest BCUT2D eigenvalue weighted by Gasteiger charge is 2.10. The number of fused-ring (bicyclic) bond motifs is 1. The summed E-state index contributed by atoms with van der Waals surface area (Å²) < 4.78 is 2.15. The average Bonchev–Trinajstić information content (AvgIpc) is 2.94. The molecular formula is C19H25N3O. The molecule has 1 aromatic heterocycles. The van der Waals surface area contributed by atoms with E-state index in [2.05, 4.69) is 34.3 Å². The Bertz CT molecular complexity index is 714. The van der Waals surface area contributed by atoms with E-state index in [1.807, 2.05) is 24.4 Å². The molecule has 23 heavy (non-hydrogen) atoms. The van der Waals surface area contributed by atoms with Gasteiger partial charge in [-0.15, -0.1) is 0 Å². The van der Waals surface area contributed by atoms with Gasteiger partial charge in [0.15, 0.2) is 0 Å². The summed E-state index contributed by atoms with van der Waals surface area (Å²) in [6.45, 7) is 3.69. The number of allylic oxidation sites excluding steroid dienone is 1. The minimum Gasteiger partial charge on any atom is -0.346 e. The largest absolute Gasteiger partial charge is 0.346 e. The minimum absolute atomic E-state index is 0.125. The van der Waals surface area contributed by atoms with E-state index >= 15 is 0 Å². The third-order valence-corrected chi connectivity index (χ3v) is 4.49. The number of anilines is 1. The average molecular weight is 311 g/mol. The van der Waals surface area contributed by atoms with Crippen LogP contribution in [0.4, 0.5) is 10.5 Å². The first-order valence-electron chi connectivity index (χ1n) is 8.58. The van der Waals surface area contributed by atoms with E-state index in [9.17, 15) is 4.79 Å². The van der Waals surface area contributed by atoms with Gasteiger partial charge in [0.2, 0.25) is 0 Å². The van der Waals surface area contributed by atoms with Crippen molar-refractivity contribution in [2.24, 2.45) is 0 Å². The van der Waals surface area contributed by atoms with Crippen LogP contribution < -0.4 is 10.6 Å². The Balaban J connectivity index is 1.58. The molecule has 0 atom stereocenters. The van der Waals surface area contributed by atoms with E-state index in [-0.39, 0.29) is 6.03 Å². The Morgan fingerprint density at radius 3 is 2.91 bits per heavy atom. The summed E-state index contributed by atoms with van der Waals surface area (Å²) in [6, 6.07) is 8.03. The lowest BCUT2D eigenvalue weighted by molar-refractivity contribution is 0.252. The fourth-order valence-electron chi connectivity index (χ4n) is 3.24. The molecule has 0 unspecified atom stereocenters. The van der Waals surface area contributed by atoms with Crippen LogP contribution in [0.25, 0.3) is 10.9 Å². The minimum atomic E-state index is -0.125. The van der Waals surface area contributed by atoms with Gasteiger partial charge in [0.1, 0.15) is 0 Å². The number of amides is 2. The molecule has 0 saturated heterocycles. The van der Waals surface area contributed by atoms with Gasteiger partial charge < -0.3 is 15.2 Å². The molecular weight excluding hydrogens is 286 g/mol. The van der Waals surface area contributed by atoms with Crippen LogP contribution >= 0.6 is 0 Å². The van der Waals surface area contributed by atoms with Gasteiger partial charge in [0, 0.05) is 24.7 Å². The van der Waals surface area contributed by atoms with Crippen LogP contribution in [0.3, 0.4) is 0 Å². The summed E-state index contributed by atoms with van der Waals surface area (Å²) in [5.74, 6) is 0. The number of urea groups is 1. The maximum absolute atomic E-state index is 12.1. The Morgan fingerprint density at radius 2 is 2.13 bits per heavy atom. The Kier molecular flexibility index (Phi) is 5.01. The van der Waals surface area contributed by atoms with Gasteiger partial charge in [-0.05, 0) is 45.1 Å². The van der Waals surface area contributed by atoms with Crippen LogP contribution in [0.15, 0.2) is 42.1 Å². The SMILES string of the molecule is CCn1cc(NC(=O)NCCC2=CCCCC2)c2ccccc21. The highest BCUT2D eigenvalue weighted by molar-refractivity contribution is 6.01. The predicted molar refractivity (Wildman–Crippen MR) is 95.8 cm³/mol. The standard InChI is InChI=1S/C19H25N3O/c1-2-22-14-17(16-10-6-7-11-18(16)22)21-19(23)20-13-12-15-8-4-3-5-9-15/h6-8,10-11,14H,2-5,9,12-13H2,1H3,(H2,20,21,23). The molecule has 2 amide bonds. The number of carbonyl (C=O) groups excluding carboxylic acids is 1. The zero-order valence-corrected chi connectivity index (χ0v) is 13.8. The predicted octanol–water partition coefficient (Wildman–Crippen LogP) is 4.67. The summed E-state index contributed by atoms with van der Waals surface area (Å²) in [7, 11) is 0. The molecule has 0 saturated carbocycles. The summed E-state index contributed by atoms with van der Waals surface area (Å²) in [4.78, 5) is 12.1. The van der Waals surface area contributed by atoms with Crippen LogP contribution in [-0.2, 0) is 6.54 Å². The van der Waals surface area contributed by atoms with E-state index in [1.165, 1.54) is 31.3 Å². The smallest absolute Gasteiger partial charge is 0.319 e. The molecule has 0 spiro atoms. The van der Waals surface area contributed by atoms with Gasteiger partial charge >= 0.3 is 6.03 Å². The third-order valence-electron chi connectivity index (χ3n) is 4.49. The molecule has 1 aliphatic carbocycles. The number of aryl methyl sites for hydroxylation is 1. The number of para-hydroxylation sites is 1. The zero-order chi connectivity index (χ0) is 16.1. The first kappa shape index (κ1) is 15.7. The van der Waals surface area contributed by atoms with Crippen LogP contribution in [0.2, 0.25) is 0 Å². The van der Waals surface area contributed by atoms with Crippen molar-refractivity contribution in [3.63, 3.8) is 0 Å². The molecule has 3 rings (SSSR count). The lowest BCUT2D eigenvalue weighted by atomic mass is 9.97. The molecule has 0 radical (unpaired) electrons. The number of carbonyl (C=O) groups is 1. The Hall–Kier alpha value is -2.23. The number of hydrogen-bond acceptors (Lipinski definition) is 1. The van der Waals surface area contributed by atoms with Crippen molar-refractivity contribution < 1.29 is 4.79 Å². The molecule has 0 aliphatic heterocycles. The number of nitrogens with one attached hydrogen (secondary N) is 2. The molecule has 1 aliphatic rings. The van der Waals surface area contributed by atoms with Crippen molar-refractivity contribution in [3.8, 4) is 0 Å². The van der Waals surface area contributed by atoms with E-state index in [4.69, 9.17) is 0 Å². The lowest BCUT2D eigenvalue weighted by Gasteiger charge is -2.13. The first-order chi connectivity index (χ1) is 11.3. The topological polar surface area (TPSA) is 46.1 Å². The summed E-state index contributed by atoms with van der Waals surface area (Å²) in [6.07, 6.45) is 10.3. The maximum atomic E-state index is 12.1. The van der Waals surface area contributed by atoms with E-state index in [0.29, 0.717) is 6.54 Å². The first-order valence-corrected chi connectivity index (χ1v) is 8.58. The van der Waals surface area contributed by atoms with Crippen LogP contribution in [0.5, 0.6) is 0 Å². The molecule has 2 aromatic rings. The van der Waals surface area contributed by atoms with Gasteiger partial charge in [-0.3, -0.25) is 0 Å². The molecule has 4 heteroatoms. The molecule has 0 fully saturated rings.